The van der Waals surface area contributed by atoms with E-state index in [1.165, 1.54) is 0 Å². The van der Waals surface area contributed by atoms with Crippen LogP contribution in [0.15, 0.2) is 22.7 Å². The van der Waals surface area contributed by atoms with Gasteiger partial charge in [-0.15, -0.1) is 0 Å². The molecule has 1 aromatic heterocycles. The van der Waals surface area contributed by atoms with Crippen molar-refractivity contribution in [3.63, 3.8) is 0 Å². The summed E-state index contributed by atoms with van der Waals surface area (Å²) in [4.78, 5) is 0. The van der Waals surface area contributed by atoms with Crippen LogP contribution in [0.25, 0.3) is 0 Å². The Bertz CT molecular complexity index is 684. The number of methoxy groups -OCH3 is 1. The lowest BCUT2D eigenvalue weighted by Gasteiger charge is -2.30. The van der Waals surface area contributed by atoms with E-state index < -0.39 is 6.10 Å². The molecule has 0 bridgehead atoms. The molecule has 6 heteroatoms. The van der Waals surface area contributed by atoms with E-state index in [0.717, 1.165) is 21.3 Å². The molecule has 0 saturated carbocycles. The smallest absolute Gasteiger partial charge is 0.218 e. The zero-order valence-electron chi connectivity index (χ0n) is 12.1. The molecule has 3 rings (SSSR count). The Morgan fingerprint density at radius 3 is 2.95 bits per heavy atom. The second-order valence-corrected chi connectivity index (χ2v) is 6.09. The number of aromatic nitrogens is 2. The minimum Gasteiger partial charge on any atom is -0.485 e. The second kappa shape index (κ2) is 5.35. The van der Waals surface area contributed by atoms with Crippen molar-refractivity contribution >= 4 is 15.9 Å². The van der Waals surface area contributed by atoms with E-state index in [1.54, 1.807) is 11.8 Å². The van der Waals surface area contributed by atoms with Crippen LogP contribution in [0.5, 0.6) is 11.6 Å². The number of aliphatic hydroxyl groups excluding tert-OH is 1. The molecule has 2 atom stereocenters. The average Bonchev–Trinajstić information content (AvgIpc) is 2.71. The van der Waals surface area contributed by atoms with E-state index in [0.29, 0.717) is 18.1 Å². The third-order valence-electron chi connectivity index (χ3n) is 3.77. The van der Waals surface area contributed by atoms with Crippen molar-refractivity contribution in [3.8, 4) is 11.6 Å². The van der Waals surface area contributed by atoms with Gasteiger partial charge in [-0.1, -0.05) is 22.0 Å². The third kappa shape index (κ3) is 2.42. The van der Waals surface area contributed by atoms with Crippen LogP contribution < -0.4 is 9.47 Å². The number of nitrogens with zero attached hydrogens (tertiary/aromatic N) is 2. The first kappa shape index (κ1) is 14.4. The van der Waals surface area contributed by atoms with Gasteiger partial charge < -0.3 is 14.6 Å². The summed E-state index contributed by atoms with van der Waals surface area (Å²) in [5.41, 5.74) is 2.56. The number of hydrogen-bond acceptors (Lipinski definition) is 4. The Balaban J connectivity index is 2.03. The first-order valence-electron chi connectivity index (χ1n) is 6.73. The molecule has 2 aromatic rings. The summed E-state index contributed by atoms with van der Waals surface area (Å²) in [6.07, 6.45) is -0.348. The maximum atomic E-state index is 10.4. The van der Waals surface area contributed by atoms with Gasteiger partial charge in [0.15, 0.2) is 0 Å². The summed E-state index contributed by atoms with van der Waals surface area (Å²) in [7, 11) is 3.45. The zero-order valence-corrected chi connectivity index (χ0v) is 13.7. The molecule has 1 aromatic carbocycles. The Morgan fingerprint density at radius 2 is 2.24 bits per heavy atom. The number of ether oxygens (including phenoxy) is 2. The lowest BCUT2D eigenvalue weighted by molar-refractivity contribution is 0.0640. The summed E-state index contributed by atoms with van der Waals surface area (Å²) in [6, 6.07) is 5.66. The fourth-order valence-electron chi connectivity index (χ4n) is 2.86. The van der Waals surface area contributed by atoms with Crippen molar-refractivity contribution in [2.75, 3.05) is 7.11 Å². The molecule has 1 N–H and O–H groups in total. The second-order valence-electron chi connectivity index (χ2n) is 5.17. The first-order chi connectivity index (χ1) is 10.0. The lowest BCUT2D eigenvalue weighted by atomic mass is 9.95. The van der Waals surface area contributed by atoms with E-state index in [2.05, 4.69) is 21.0 Å². The molecular weight excluding hydrogens is 336 g/mol. The summed E-state index contributed by atoms with van der Waals surface area (Å²) >= 11 is 3.43. The third-order valence-corrected chi connectivity index (χ3v) is 4.26. The van der Waals surface area contributed by atoms with Gasteiger partial charge in [0.2, 0.25) is 5.88 Å². The van der Waals surface area contributed by atoms with E-state index in [-0.39, 0.29) is 6.10 Å². The predicted octanol–water partition coefficient (Wildman–Crippen LogP) is 3.06. The van der Waals surface area contributed by atoms with Gasteiger partial charge in [0.05, 0.1) is 24.5 Å². The van der Waals surface area contributed by atoms with Crippen molar-refractivity contribution in [1.82, 2.24) is 9.78 Å². The lowest BCUT2D eigenvalue weighted by Crippen LogP contribution is -2.20. The van der Waals surface area contributed by atoms with Crippen LogP contribution in [-0.4, -0.2) is 22.0 Å². The summed E-state index contributed by atoms with van der Waals surface area (Å²) in [6.45, 7) is 1.92. The van der Waals surface area contributed by atoms with Crippen LogP contribution in [0.3, 0.4) is 0 Å². The Kier molecular flexibility index (Phi) is 3.67. The van der Waals surface area contributed by atoms with Crippen molar-refractivity contribution in [2.24, 2.45) is 7.05 Å². The van der Waals surface area contributed by atoms with Gasteiger partial charge in [-0.25, -0.2) is 4.68 Å². The highest BCUT2D eigenvalue weighted by molar-refractivity contribution is 9.10. The molecule has 0 amide bonds. The largest absolute Gasteiger partial charge is 0.485 e. The molecule has 0 saturated heterocycles. The maximum Gasteiger partial charge on any atom is 0.218 e. The van der Waals surface area contributed by atoms with Crippen molar-refractivity contribution in [1.29, 1.82) is 0 Å². The number of aliphatic hydroxyl groups is 1. The van der Waals surface area contributed by atoms with Crippen LogP contribution in [0.2, 0.25) is 0 Å². The van der Waals surface area contributed by atoms with Gasteiger partial charge in [0, 0.05) is 23.5 Å². The summed E-state index contributed by atoms with van der Waals surface area (Å²) in [5, 5.41) is 14.8. The number of benzene rings is 1. The molecule has 0 aliphatic carbocycles. The summed E-state index contributed by atoms with van der Waals surface area (Å²) in [5.74, 6) is 1.36. The zero-order chi connectivity index (χ0) is 15.1. The molecule has 1 aliphatic heterocycles. The number of halogens is 1. The first-order valence-corrected chi connectivity index (χ1v) is 7.52. The molecule has 112 valence electrons. The van der Waals surface area contributed by atoms with Crippen LogP contribution in [0, 0.1) is 6.92 Å². The molecule has 0 radical (unpaired) electrons. The number of rotatable bonds is 2. The fourth-order valence-corrected chi connectivity index (χ4v) is 3.20. The average molecular weight is 353 g/mol. The quantitative estimate of drug-likeness (QED) is 0.902. The van der Waals surface area contributed by atoms with Crippen LogP contribution in [0.1, 0.15) is 35.4 Å². The molecular formula is C15H17BrN2O3. The Morgan fingerprint density at radius 1 is 1.48 bits per heavy atom. The standard InChI is InChI=1S/C15H17BrN2O3/c1-8-14(15(20-3)18(2)17-8)13-7-11(19)10-5-4-9(16)6-12(10)21-13/h4-6,11,13,19H,7H2,1-3H3. The van der Waals surface area contributed by atoms with Gasteiger partial charge in [-0.2, -0.15) is 5.10 Å². The van der Waals surface area contributed by atoms with E-state index >= 15 is 0 Å². The fraction of sp³-hybridized carbons (Fsp3) is 0.400. The predicted molar refractivity (Wildman–Crippen MR) is 81.6 cm³/mol. The minimum absolute atomic E-state index is 0.273. The van der Waals surface area contributed by atoms with Crippen molar-refractivity contribution in [3.05, 3.63) is 39.5 Å². The molecule has 2 unspecified atom stereocenters. The molecule has 21 heavy (non-hydrogen) atoms. The van der Waals surface area contributed by atoms with Gasteiger partial charge in [0.25, 0.3) is 0 Å². The normalized spacial score (nSPS) is 20.8. The molecule has 5 nitrogen and oxygen atoms in total. The monoisotopic (exact) mass is 352 g/mol. The SMILES string of the molecule is COc1c(C2CC(O)c3ccc(Br)cc3O2)c(C)nn1C. The number of hydrogen-bond donors (Lipinski definition) is 1. The number of fused-ring (bicyclic) bond motifs is 1. The van der Waals surface area contributed by atoms with Crippen molar-refractivity contribution < 1.29 is 14.6 Å². The molecule has 1 aliphatic rings. The van der Waals surface area contributed by atoms with Crippen LogP contribution in [-0.2, 0) is 7.05 Å². The van der Waals surface area contributed by atoms with Gasteiger partial charge in [0.1, 0.15) is 11.9 Å². The molecule has 2 heterocycles. The summed E-state index contributed by atoms with van der Waals surface area (Å²) < 4.78 is 14.1. The van der Waals surface area contributed by atoms with E-state index in [1.807, 2.05) is 32.2 Å². The highest BCUT2D eigenvalue weighted by Crippen LogP contribution is 2.44. The topological polar surface area (TPSA) is 56.5 Å². The van der Waals surface area contributed by atoms with Gasteiger partial charge in [-0.05, 0) is 19.1 Å². The maximum absolute atomic E-state index is 10.4. The van der Waals surface area contributed by atoms with Crippen molar-refractivity contribution in [2.45, 2.75) is 25.6 Å². The van der Waals surface area contributed by atoms with Gasteiger partial charge >= 0.3 is 0 Å². The van der Waals surface area contributed by atoms with Gasteiger partial charge in [-0.3, -0.25) is 0 Å². The molecule has 0 fully saturated rings. The van der Waals surface area contributed by atoms with E-state index in [9.17, 15) is 5.11 Å². The highest BCUT2D eigenvalue weighted by atomic mass is 79.9. The van der Waals surface area contributed by atoms with E-state index in [4.69, 9.17) is 9.47 Å². The number of aryl methyl sites for hydroxylation is 2. The Hall–Kier alpha value is -1.53. The van der Waals surface area contributed by atoms with Crippen LogP contribution >= 0.6 is 15.9 Å². The highest BCUT2D eigenvalue weighted by Gasteiger charge is 2.33. The molecule has 0 spiro atoms. The van der Waals surface area contributed by atoms with Crippen LogP contribution in [0.4, 0.5) is 0 Å². The Labute approximate surface area is 131 Å². The minimum atomic E-state index is -0.559.